The highest BCUT2D eigenvalue weighted by atomic mass is 79.9. The van der Waals surface area contributed by atoms with Crippen LogP contribution in [0, 0.1) is 0 Å². The van der Waals surface area contributed by atoms with Gasteiger partial charge in [-0.05, 0) is 54.9 Å². The summed E-state index contributed by atoms with van der Waals surface area (Å²) in [5.74, 6) is 0. The zero-order valence-electron chi connectivity index (χ0n) is 9.10. The summed E-state index contributed by atoms with van der Waals surface area (Å²) >= 11 is 8.40. The standard InChI is InChI=1S/C11H15BrN2S/c1-11(2,3)14-9-5-4-7(10(13)15)6-8(9)12/h4-6,14H,1-3H3,(H2,13,15). The van der Waals surface area contributed by atoms with Crippen molar-refractivity contribution in [2.24, 2.45) is 5.73 Å². The molecule has 82 valence electrons. The van der Waals surface area contributed by atoms with Crippen LogP contribution in [0.1, 0.15) is 26.3 Å². The van der Waals surface area contributed by atoms with Gasteiger partial charge < -0.3 is 11.1 Å². The smallest absolute Gasteiger partial charge is 0.104 e. The third-order valence-electron chi connectivity index (χ3n) is 1.76. The van der Waals surface area contributed by atoms with Gasteiger partial charge in [-0.25, -0.2) is 0 Å². The maximum atomic E-state index is 5.55. The first-order chi connectivity index (χ1) is 6.79. The Labute approximate surface area is 104 Å². The van der Waals surface area contributed by atoms with Crippen molar-refractivity contribution in [1.29, 1.82) is 0 Å². The minimum absolute atomic E-state index is 0.0350. The third-order valence-corrected chi connectivity index (χ3v) is 2.66. The SMILES string of the molecule is CC(C)(C)Nc1ccc(C(N)=S)cc1Br. The molecule has 0 aliphatic rings. The van der Waals surface area contributed by atoms with Gasteiger partial charge in [-0.1, -0.05) is 12.2 Å². The van der Waals surface area contributed by atoms with Gasteiger partial charge in [0.25, 0.3) is 0 Å². The number of nitrogens with one attached hydrogen (secondary N) is 1. The number of benzene rings is 1. The zero-order valence-corrected chi connectivity index (χ0v) is 11.5. The molecule has 0 aliphatic heterocycles. The third kappa shape index (κ3) is 3.80. The van der Waals surface area contributed by atoms with Crippen molar-refractivity contribution < 1.29 is 0 Å². The van der Waals surface area contributed by atoms with Crippen molar-refractivity contribution >= 4 is 38.8 Å². The van der Waals surface area contributed by atoms with Gasteiger partial charge in [0.05, 0.1) is 0 Å². The van der Waals surface area contributed by atoms with Crippen LogP contribution in [0.25, 0.3) is 0 Å². The van der Waals surface area contributed by atoms with Crippen molar-refractivity contribution in [3.05, 3.63) is 28.2 Å². The molecule has 1 aromatic carbocycles. The Bertz CT molecular complexity index is 383. The average molecular weight is 287 g/mol. The second-order valence-corrected chi connectivity index (χ2v) is 5.73. The number of halogens is 1. The van der Waals surface area contributed by atoms with Crippen LogP contribution in [-0.4, -0.2) is 10.5 Å². The van der Waals surface area contributed by atoms with Crippen molar-refractivity contribution in [1.82, 2.24) is 0 Å². The molecule has 0 heterocycles. The van der Waals surface area contributed by atoms with Crippen molar-refractivity contribution in [2.75, 3.05) is 5.32 Å². The van der Waals surface area contributed by atoms with Crippen molar-refractivity contribution in [3.63, 3.8) is 0 Å². The number of anilines is 1. The van der Waals surface area contributed by atoms with Gasteiger partial charge in [0.2, 0.25) is 0 Å². The van der Waals surface area contributed by atoms with E-state index in [-0.39, 0.29) is 5.54 Å². The van der Waals surface area contributed by atoms with Gasteiger partial charge in [0.1, 0.15) is 4.99 Å². The highest BCUT2D eigenvalue weighted by molar-refractivity contribution is 9.10. The number of hydrogen-bond acceptors (Lipinski definition) is 2. The van der Waals surface area contributed by atoms with Crippen LogP contribution in [0.2, 0.25) is 0 Å². The molecule has 0 atom stereocenters. The maximum Gasteiger partial charge on any atom is 0.104 e. The van der Waals surface area contributed by atoms with Gasteiger partial charge in [-0.3, -0.25) is 0 Å². The maximum absolute atomic E-state index is 5.55. The number of rotatable bonds is 2. The van der Waals surface area contributed by atoms with E-state index in [4.69, 9.17) is 18.0 Å². The van der Waals surface area contributed by atoms with Crippen LogP contribution >= 0.6 is 28.1 Å². The lowest BCUT2D eigenvalue weighted by Gasteiger charge is -2.23. The lowest BCUT2D eigenvalue weighted by Crippen LogP contribution is -2.26. The zero-order chi connectivity index (χ0) is 11.6. The monoisotopic (exact) mass is 286 g/mol. The Morgan fingerprint density at radius 2 is 2.00 bits per heavy atom. The Morgan fingerprint density at radius 1 is 1.40 bits per heavy atom. The van der Waals surface area contributed by atoms with Gasteiger partial charge in [-0.2, -0.15) is 0 Å². The van der Waals surface area contributed by atoms with E-state index < -0.39 is 0 Å². The quantitative estimate of drug-likeness (QED) is 0.820. The molecule has 0 amide bonds. The van der Waals surface area contributed by atoms with Crippen LogP contribution in [0.3, 0.4) is 0 Å². The van der Waals surface area contributed by atoms with E-state index in [9.17, 15) is 0 Å². The van der Waals surface area contributed by atoms with Crippen LogP contribution in [0.15, 0.2) is 22.7 Å². The Balaban J connectivity index is 2.99. The molecular weight excluding hydrogens is 272 g/mol. The summed E-state index contributed by atoms with van der Waals surface area (Å²) in [6, 6.07) is 5.82. The molecule has 0 spiro atoms. The highest BCUT2D eigenvalue weighted by Crippen LogP contribution is 2.26. The summed E-state index contributed by atoms with van der Waals surface area (Å²) in [5, 5.41) is 3.38. The van der Waals surface area contributed by atoms with E-state index in [1.165, 1.54) is 0 Å². The molecule has 0 bridgehead atoms. The predicted molar refractivity (Wildman–Crippen MR) is 73.4 cm³/mol. The molecule has 1 rings (SSSR count). The fraction of sp³-hybridized carbons (Fsp3) is 0.364. The first kappa shape index (κ1) is 12.5. The van der Waals surface area contributed by atoms with Gasteiger partial charge in [0, 0.05) is 21.3 Å². The minimum atomic E-state index is 0.0350. The second kappa shape index (κ2) is 4.49. The van der Waals surface area contributed by atoms with E-state index in [2.05, 4.69) is 42.0 Å². The second-order valence-electron chi connectivity index (χ2n) is 4.43. The molecular formula is C11H15BrN2S. The highest BCUT2D eigenvalue weighted by Gasteiger charge is 2.11. The molecule has 0 aliphatic carbocycles. The summed E-state index contributed by atoms with van der Waals surface area (Å²) in [6.07, 6.45) is 0. The van der Waals surface area contributed by atoms with Crippen molar-refractivity contribution in [3.8, 4) is 0 Å². The molecule has 0 fully saturated rings. The van der Waals surface area contributed by atoms with Crippen molar-refractivity contribution in [2.45, 2.75) is 26.3 Å². The summed E-state index contributed by atoms with van der Waals surface area (Å²) in [7, 11) is 0. The first-order valence-corrected chi connectivity index (χ1v) is 5.87. The lowest BCUT2D eigenvalue weighted by molar-refractivity contribution is 0.633. The van der Waals surface area contributed by atoms with Gasteiger partial charge in [0.15, 0.2) is 0 Å². The van der Waals surface area contributed by atoms with Crippen LogP contribution in [0.5, 0.6) is 0 Å². The summed E-state index contributed by atoms with van der Waals surface area (Å²) in [5.41, 5.74) is 7.50. The van der Waals surface area contributed by atoms with Gasteiger partial charge in [-0.15, -0.1) is 0 Å². The van der Waals surface area contributed by atoms with Crippen LogP contribution in [0.4, 0.5) is 5.69 Å². The Morgan fingerprint density at radius 3 is 2.40 bits per heavy atom. The molecule has 3 N–H and O–H groups in total. The molecule has 0 radical (unpaired) electrons. The van der Waals surface area contributed by atoms with Gasteiger partial charge >= 0.3 is 0 Å². The number of thiocarbonyl (C=S) groups is 1. The molecule has 0 saturated heterocycles. The first-order valence-electron chi connectivity index (χ1n) is 4.67. The molecule has 0 saturated carbocycles. The van der Waals surface area contributed by atoms with E-state index in [1.807, 2.05) is 18.2 Å². The Hall–Kier alpha value is -0.610. The topological polar surface area (TPSA) is 38.0 Å². The van der Waals surface area contributed by atoms with E-state index >= 15 is 0 Å². The van der Waals surface area contributed by atoms with Crippen LogP contribution < -0.4 is 11.1 Å². The fourth-order valence-corrected chi connectivity index (χ4v) is 1.78. The molecule has 0 unspecified atom stereocenters. The lowest BCUT2D eigenvalue weighted by atomic mass is 10.1. The largest absolute Gasteiger partial charge is 0.389 e. The number of nitrogens with two attached hydrogens (primary N) is 1. The van der Waals surface area contributed by atoms with Crippen LogP contribution in [-0.2, 0) is 0 Å². The summed E-state index contributed by atoms with van der Waals surface area (Å²) in [6.45, 7) is 6.34. The molecule has 1 aromatic rings. The molecule has 15 heavy (non-hydrogen) atoms. The number of hydrogen-bond donors (Lipinski definition) is 2. The van der Waals surface area contributed by atoms with E-state index in [1.54, 1.807) is 0 Å². The Kier molecular flexibility index (Phi) is 3.73. The normalized spacial score (nSPS) is 11.2. The van der Waals surface area contributed by atoms with E-state index in [0.29, 0.717) is 4.99 Å². The molecule has 2 nitrogen and oxygen atoms in total. The molecule has 0 aromatic heterocycles. The fourth-order valence-electron chi connectivity index (χ4n) is 1.17. The summed E-state index contributed by atoms with van der Waals surface area (Å²) < 4.78 is 0.975. The average Bonchev–Trinajstić information content (AvgIpc) is 2.05. The predicted octanol–water partition coefficient (Wildman–Crippen LogP) is 3.29. The summed E-state index contributed by atoms with van der Waals surface area (Å²) in [4.78, 5) is 0.415. The van der Waals surface area contributed by atoms with E-state index in [0.717, 1.165) is 15.7 Å². The minimum Gasteiger partial charge on any atom is -0.389 e. The molecule has 4 heteroatoms.